The Balaban J connectivity index is 3.41. The molecule has 94 valence electrons. The van der Waals surface area contributed by atoms with Gasteiger partial charge in [-0.15, -0.1) is 0 Å². The molecule has 0 aromatic heterocycles. The summed E-state index contributed by atoms with van der Waals surface area (Å²) in [4.78, 5) is 10.4. The Kier molecular flexibility index (Phi) is 4.06. The van der Waals surface area contributed by atoms with Gasteiger partial charge in [-0.25, -0.2) is 22.4 Å². The second-order valence-electron chi connectivity index (χ2n) is 3.05. The standard InChI is InChI=1S/C10H8F4O3/c1-2-17-3-4-6(11)8(13)5(10(15)16)9(14)7(4)12/h2-3H2,1H3,(H,15,16). The van der Waals surface area contributed by atoms with Gasteiger partial charge in [0.05, 0.1) is 12.2 Å². The number of aromatic carboxylic acids is 1. The zero-order valence-corrected chi connectivity index (χ0v) is 8.69. The van der Waals surface area contributed by atoms with E-state index in [1.807, 2.05) is 0 Å². The van der Waals surface area contributed by atoms with Crippen LogP contribution in [0.3, 0.4) is 0 Å². The van der Waals surface area contributed by atoms with E-state index in [1.54, 1.807) is 0 Å². The van der Waals surface area contributed by atoms with Crippen molar-refractivity contribution >= 4 is 5.97 Å². The summed E-state index contributed by atoms with van der Waals surface area (Å²) in [5, 5.41) is 8.42. The minimum atomic E-state index is -2.08. The van der Waals surface area contributed by atoms with Crippen molar-refractivity contribution in [3.8, 4) is 0 Å². The molecular weight excluding hydrogens is 244 g/mol. The molecule has 0 atom stereocenters. The summed E-state index contributed by atoms with van der Waals surface area (Å²) in [5.41, 5.74) is -2.62. The Morgan fingerprint density at radius 1 is 1.12 bits per heavy atom. The van der Waals surface area contributed by atoms with Crippen molar-refractivity contribution in [3.05, 3.63) is 34.4 Å². The second kappa shape index (κ2) is 5.13. The van der Waals surface area contributed by atoms with E-state index in [2.05, 4.69) is 4.74 Å². The molecule has 3 nitrogen and oxygen atoms in total. The van der Waals surface area contributed by atoms with Crippen LogP contribution in [0, 0.1) is 23.3 Å². The van der Waals surface area contributed by atoms with Crippen molar-refractivity contribution < 1.29 is 32.2 Å². The van der Waals surface area contributed by atoms with Crippen LogP contribution in [0.2, 0.25) is 0 Å². The van der Waals surface area contributed by atoms with Gasteiger partial charge in [0.2, 0.25) is 0 Å². The lowest BCUT2D eigenvalue weighted by molar-refractivity contribution is 0.0682. The van der Waals surface area contributed by atoms with E-state index >= 15 is 0 Å². The maximum atomic E-state index is 13.3. The smallest absolute Gasteiger partial charge is 0.341 e. The Morgan fingerprint density at radius 3 is 1.94 bits per heavy atom. The summed E-state index contributed by atoms with van der Waals surface area (Å²) in [5.74, 6) is -9.47. The van der Waals surface area contributed by atoms with Crippen LogP contribution in [0.5, 0.6) is 0 Å². The number of benzene rings is 1. The number of carboxylic acids is 1. The number of rotatable bonds is 4. The molecule has 0 saturated carbocycles. The van der Waals surface area contributed by atoms with Crippen LogP contribution >= 0.6 is 0 Å². The van der Waals surface area contributed by atoms with Crippen LogP contribution in [0.15, 0.2) is 0 Å². The number of hydrogen-bond donors (Lipinski definition) is 1. The summed E-state index contributed by atoms with van der Waals surface area (Å²) < 4.78 is 57.5. The number of carbonyl (C=O) groups is 1. The molecule has 0 saturated heterocycles. The average molecular weight is 252 g/mol. The van der Waals surface area contributed by atoms with Gasteiger partial charge in [-0.3, -0.25) is 0 Å². The molecule has 0 aliphatic rings. The summed E-state index contributed by atoms with van der Waals surface area (Å²) >= 11 is 0. The fourth-order valence-corrected chi connectivity index (χ4v) is 1.20. The highest BCUT2D eigenvalue weighted by Gasteiger charge is 2.28. The third-order valence-electron chi connectivity index (χ3n) is 2.02. The highest BCUT2D eigenvalue weighted by atomic mass is 19.2. The summed E-state index contributed by atoms with van der Waals surface area (Å²) in [7, 11) is 0. The predicted octanol–water partition coefficient (Wildman–Crippen LogP) is 2.48. The number of carboxylic acid groups (broad SMARTS) is 1. The lowest BCUT2D eigenvalue weighted by Gasteiger charge is -2.09. The van der Waals surface area contributed by atoms with Crippen molar-refractivity contribution in [1.29, 1.82) is 0 Å². The van der Waals surface area contributed by atoms with Gasteiger partial charge in [0.25, 0.3) is 0 Å². The Morgan fingerprint density at radius 2 is 1.59 bits per heavy atom. The third kappa shape index (κ3) is 2.38. The van der Waals surface area contributed by atoms with Gasteiger partial charge in [-0.05, 0) is 6.92 Å². The summed E-state index contributed by atoms with van der Waals surface area (Å²) in [6.45, 7) is 0.929. The fraction of sp³-hybridized carbons (Fsp3) is 0.300. The van der Waals surface area contributed by atoms with Crippen LogP contribution in [0.25, 0.3) is 0 Å². The van der Waals surface area contributed by atoms with Crippen molar-refractivity contribution in [2.45, 2.75) is 13.5 Å². The number of halogens is 4. The molecule has 0 bridgehead atoms. The fourth-order valence-electron chi connectivity index (χ4n) is 1.20. The van der Waals surface area contributed by atoms with E-state index < -0.39 is 47.0 Å². The first kappa shape index (κ1) is 13.4. The van der Waals surface area contributed by atoms with Crippen molar-refractivity contribution in [2.24, 2.45) is 0 Å². The summed E-state index contributed by atoms with van der Waals surface area (Å²) in [6.07, 6.45) is 0. The molecule has 0 amide bonds. The summed E-state index contributed by atoms with van der Waals surface area (Å²) in [6, 6.07) is 0. The SMILES string of the molecule is CCOCc1c(F)c(F)c(C(=O)O)c(F)c1F. The molecule has 17 heavy (non-hydrogen) atoms. The van der Waals surface area contributed by atoms with Crippen LogP contribution in [0.4, 0.5) is 17.6 Å². The first-order valence-electron chi connectivity index (χ1n) is 4.57. The zero-order chi connectivity index (χ0) is 13.2. The van der Waals surface area contributed by atoms with Gasteiger partial charge >= 0.3 is 5.97 Å². The van der Waals surface area contributed by atoms with Crippen LogP contribution in [-0.4, -0.2) is 17.7 Å². The Labute approximate surface area is 93.6 Å². The molecule has 0 aliphatic carbocycles. The largest absolute Gasteiger partial charge is 0.477 e. The quantitative estimate of drug-likeness (QED) is 0.661. The molecule has 0 unspecified atom stereocenters. The van der Waals surface area contributed by atoms with Gasteiger partial charge < -0.3 is 9.84 Å². The van der Waals surface area contributed by atoms with E-state index in [-0.39, 0.29) is 6.61 Å². The average Bonchev–Trinajstić information content (AvgIpc) is 2.26. The molecule has 1 rings (SSSR count). The molecule has 1 aromatic carbocycles. The van der Waals surface area contributed by atoms with Gasteiger partial charge in [0, 0.05) is 6.61 Å². The minimum Gasteiger partial charge on any atom is -0.477 e. The molecule has 0 aliphatic heterocycles. The molecule has 0 radical (unpaired) electrons. The van der Waals surface area contributed by atoms with E-state index in [9.17, 15) is 22.4 Å². The van der Waals surface area contributed by atoms with Gasteiger partial charge in [0.15, 0.2) is 23.3 Å². The zero-order valence-electron chi connectivity index (χ0n) is 8.69. The van der Waals surface area contributed by atoms with Crippen LogP contribution in [-0.2, 0) is 11.3 Å². The van der Waals surface area contributed by atoms with Crippen LogP contribution < -0.4 is 0 Å². The first-order chi connectivity index (χ1) is 7.91. The Bertz CT molecular complexity index is 430. The van der Waals surface area contributed by atoms with Gasteiger partial charge in [-0.2, -0.15) is 0 Å². The third-order valence-corrected chi connectivity index (χ3v) is 2.02. The van der Waals surface area contributed by atoms with Gasteiger partial charge in [0.1, 0.15) is 5.56 Å². The normalized spacial score (nSPS) is 10.6. The molecule has 0 spiro atoms. The maximum absolute atomic E-state index is 13.3. The van der Waals surface area contributed by atoms with E-state index in [4.69, 9.17) is 5.11 Å². The number of hydrogen-bond acceptors (Lipinski definition) is 2. The second-order valence-corrected chi connectivity index (χ2v) is 3.05. The Hall–Kier alpha value is -1.63. The van der Waals surface area contributed by atoms with Crippen molar-refractivity contribution in [3.63, 3.8) is 0 Å². The minimum absolute atomic E-state index is 0.0861. The topological polar surface area (TPSA) is 46.5 Å². The van der Waals surface area contributed by atoms with Gasteiger partial charge in [-0.1, -0.05) is 0 Å². The van der Waals surface area contributed by atoms with E-state index in [1.165, 1.54) is 6.92 Å². The highest BCUT2D eigenvalue weighted by molar-refractivity contribution is 5.88. The highest BCUT2D eigenvalue weighted by Crippen LogP contribution is 2.24. The molecule has 0 heterocycles. The lowest BCUT2D eigenvalue weighted by Crippen LogP contribution is -2.13. The number of ether oxygens (including phenoxy) is 1. The molecule has 7 heteroatoms. The molecular formula is C10H8F4O3. The monoisotopic (exact) mass is 252 g/mol. The lowest BCUT2D eigenvalue weighted by atomic mass is 10.1. The molecule has 1 aromatic rings. The van der Waals surface area contributed by atoms with Crippen molar-refractivity contribution in [1.82, 2.24) is 0 Å². The van der Waals surface area contributed by atoms with Crippen LogP contribution in [0.1, 0.15) is 22.8 Å². The molecule has 0 fully saturated rings. The first-order valence-corrected chi connectivity index (χ1v) is 4.57. The van der Waals surface area contributed by atoms with E-state index in [0.29, 0.717) is 0 Å². The maximum Gasteiger partial charge on any atom is 0.341 e. The predicted molar refractivity (Wildman–Crippen MR) is 48.6 cm³/mol. The van der Waals surface area contributed by atoms with E-state index in [0.717, 1.165) is 0 Å². The van der Waals surface area contributed by atoms with Crippen molar-refractivity contribution in [2.75, 3.05) is 6.61 Å². The molecule has 1 N–H and O–H groups in total.